The summed E-state index contributed by atoms with van der Waals surface area (Å²) in [6, 6.07) is 7.75. The van der Waals surface area contributed by atoms with Crippen LogP contribution in [0.15, 0.2) is 24.3 Å². The number of carbonyl (C=O) groups excluding carboxylic acids is 2. The quantitative estimate of drug-likeness (QED) is 0.866. The molecule has 3 rings (SSSR count). The van der Waals surface area contributed by atoms with Crippen LogP contribution in [0, 0.1) is 11.8 Å². The maximum absolute atomic E-state index is 12.5. The van der Waals surface area contributed by atoms with E-state index < -0.39 is 0 Å². The highest BCUT2D eigenvalue weighted by Crippen LogP contribution is 2.36. The Labute approximate surface area is 163 Å². The molecule has 4 heteroatoms. The lowest BCUT2D eigenvalue weighted by Gasteiger charge is -2.41. The van der Waals surface area contributed by atoms with E-state index in [4.69, 9.17) is 0 Å². The second kappa shape index (κ2) is 8.45. The standard InChI is InChI=1S/C23H34N2O2/c1-23(2,3)20-10-8-18(9-11-20)22(27)24-14-12-21(26)25-15-13-17-6-4-5-7-19(17)16-25/h8-11,17,19H,4-7,12-16H2,1-3H3,(H,24,27)/t17-,19-/m0/s1. The Morgan fingerprint density at radius 2 is 1.70 bits per heavy atom. The molecule has 2 aliphatic rings. The Balaban J connectivity index is 1.43. The van der Waals surface area contributed by atoms with Crippen molar-refractivity contribution in [3.8, 4) is 0 Å². The van der Waals surface area contributed by atoms with Crippen molar-refractivity contribution in [1.82, 2.24) is 10.2 Å². The lowest BCUT2D eigenvalue weighted by molar-refractivity contribution is -0.134. The van der Waals surface area contributed by atoms with Gasteiger partial charge in [-0.1, -0.05) is 52.2 Å². The van der Waals surface area contributed by atoms with E-state index in [-0.39, 0.29) is 17.2 Å². The van der Waals surface area contributed by atoms with Crippen molar-refractivity contribution in [3.05, 3.63) is 35.4 Å². The topological polar surface area (TPSA) is 49.4 Å². The SMILES string of the molecule is CC(C)(C)c1ccc(C(=O)NCCC(=O)N2CC[C@@H]3CCCC[C@H]3C2)cc1. The third kappa shape index (κ3) is 5.12. The first kappa shape index (κ1) is 19.9. The normalized spacial score (nSPS) is 22.9. The van der Waals surface area contributed by atoms with Crippen LogP contribution in [0.5, 0.6) is 0 Å². The van der Waals surface area contributed by atoms with Gasteiger partial charge in [0.2, 0.25) is 5.91 Å². The fourth-order valence-electron chi connectivity index (χ4n) is 4.49. The number of carbonyl (C=O) groups is 2. The number of amides is 2. The molecule has 1 N–H and O–H groups in total. The highest BCUT2D eigenvalue weighted by Gasteiger charge is 2.32. The average Bonchev–Trinajstić information content (AvgIpc) is 2.66. The largest absolute Gasteiger partial charge is 0.352 e. The van der Waals surface area contributed by atoms with Gasteiger partial charge in [-0.3, -0.25) is 9.59 Å². The van der Waals surface area contributed by atoms with Gasteiger partial charge in [0, 0.05) is 31.6 Å². The fourth-order valence-corrected chi connectivity index (χ4v) is 4.49. The molecule has 1 aliphatic heterocycles. The minimum atomic E-state index is -0.103. The molecule has 1 heterocycles. The minimum absolute atomic E-state index is 0.0766. The summed E-state index contributed by atoms with van der Waals surface area (Å²) in [5.74, 6) is 1.61. The Bertz CT molecular complexity index is 660. The van der Waals surface area contributed by atoms with E-state index in [1.54, 1.807) is 0 Å². The van der Waals surface area contributed by atoms with E-state index in [1.165, 1.54) is 31.2 Å². The summed E-state index contributed by atoms with van der Waals surface area (Å²) in [5.41, 5.74) is 1.94. The Hall–Kier alpha value is -1.84. The predicted octanol–water partition coefficient (Wildman–Crippen LogP) is 4.14. The van der Waals surface area contributed by atoms with Gasteiger partial charge in [0.1, 0.15) is 0 Å². The molecule has 0 aromatic heterocycles. The summed E-state index contributed by atoms with van der Waals surface area (Å²) in [6.45, 7) is 8.69. The van der Waals surface area contributed by atoms with Crippen LogP contribution in [0.2, 0.25) is 0 Å². The fraction of sp³-hybridized carbons (Fsp3) is 0.652. The molecule has 1 saturated carbocycles. The molecule has 1 saturated heterocycles. The maximum Gasteiger partial charge on any atom is 0.251 e. The van der Waals surface area contributed by atoms with Crippen molar-refractivity contribution in [1.29, 1.82) is 0 Å². The molecule has 0 radical (unpaired) electrons. The molecule has 1 aliphatic carbocycles. The van der Waals surface area contributed by atoms with Gasteiger partial charge in [-0.25, -0.2) is 0 Å². The summed E-state index contributed by atoms with van der Waals surface area (Å²) in [5, 5.41) is 2.90. The van der Waals surface area contributed by atoms with Gasteiger partial charge in [-0.15, -0.1) is 0 Å². The molecule has 1 aromatic rings. The molecular formula is C23H34N2O2. The molecule has 4 nitrogen and oxygen atoms in total. The first-order valence-electron chi connectivity index (χ1n) is 10.5. The molecule has 1 aromatic carbocycles. The van der Waals surface area contributed by atoms with E-state index in [0.29, 0.717) is 24.4 Å². The van der Waals surface area contributed by atoms with E-state index in [1.807, 2.05) is 29.2 Å². The molecule has 2 amide bonds. The van der Waals surface area contributed by atoms with E-state index in [9.17, 15) is 9.59 Å². The highest BCUT2D eigenvalue weighted by atomic mass is 16.2. The molecule has 0 unspecified atom stereocenters. The van der Waals surface area contributed by atoms with Gasteiger partial charge >= 0.3 is 0 Å². The highest BCUT2D eigenvalue weighted by molar-refractivity contribution is 5.94. The van der Waals surface area contributed by atoms with Crippen LogP contribution >= 0.6 is 0 Å². The first-order chi connectivity index (χ1) is 12.8. The maximum atomic E-state index is 12.5. The van der Waals surface area contributed by atoms with Crippen molar-refractivity contribution < 1.29 is 9.59 Å². The van der Waals surface area contributed by atoms with Crippen LogP contribution in [0.25, 0.3) is 0 Å². The van der Waals surface area contributed by atoms with Crippen molar-refractivity contribution in [2.75, 3.05) is 19.6 Å². The van der Waals surface area contributed by atoms with Crippen LogP contribution in [0.1, 0.15) is 75.2 Å². The molecule has 0 spiro atoms. The third-order valence-corrected chi connectivity index (χ3v) is 6.28. The summed E-state index contributed by atoms with van der Waals surface area (Å²) >= 11 is 0. The monoisotopic (exact) mass is 370 g/mol. The van der Waals surface area contributed by atoms with Crippen LogP contribution < -0.4 is 5.32 Å². The average molecular weight is 371 g/mol. The number of hydrogen-bond donors (Lipinski definition) is 1. The zero-order valence-corrected chi connectivity index (χ0v) is 17.1. The lowest BCUT2D eigenvalue weighted by Crippen LogP contribution is -2.45. The van der Waals surface area contributed by atoms with Gasteiger partial charge in [-0.05, 0) is 47.8 Å². The van der Waals surface area contributed by atoms with Crippen molar-refractivity contribution in [3.63, 3.8) is 0 Å². The molecule has 2 fully saturated rings. The van der Waals surface area contributed by atoms with Gasteiger partial charge in [0.25, 0.3) is 5.91 Å². The van der Waals surface area contributed by atoms with Gasteiger partial charge < -0.3 is 10.2 Å². The minimum Gasteiger partial charge on any atom is -0.352 e. The number of fused-ring (bicyclic) bond motifs is 1. The molecule has 148 valence electrons. The number of hydrogen-bond acceptors (Lipinski definition) is 2. The molecule has 27 heavy (non-hydrogen) atoms. The number of piperidine rings is 1. The second-order valence-corrected chi connectivity index (χ2v) is 9.27. The Morgan fingerprint density at radius 3 is 2.37 bits per heavy atom. The summed E-state index contributed by atoms with van der Waals surface area (Å²) in [6.07, 6.45) is 6.84. The van der Waals surface area contributed by atoms with Crippen molar-refractivity contribution in [2.24, 2.45) is 11.8 Å². The smallest absolute Gasteiger partial charge is 0.251 e. The number of benzene rings is 1. The summed E-state index contributed by atoms with van der Waals surface area (Å²) in [4.78, 5) is 26.9. The van der Waals surface area contributed by atoms with Crippen LogP contribution in [-0.2, 0) is 10.2 Å². The van der Waals surface area contributed by atoms with E-state index >= 15 is 0 Å². The number of nitrogens with one attached hydrogen (secondary N) is 1. The molecule has 2 atom stereocenters. The number of rotatable bonds is 4. The zero-order chi connectivity index (χ0) is 19.4. The summed E-state index contributed by atoms with van der Waals surface area (Å²) < 4.78 is 0. The van der Waals surface area contributed by atoms with Gasteiger partial charge in [0.05, 0.1) is 0 Å². The van der Waals surface area contributed by atoms with E-state index in [0.717, 1.165) is 25.4 Å². The van der Waals surface area contributed by atoms with E-state index in [2.05, 4.69) is 26.1 Å². The first-order valence-corrected chi connectivity index (χ1v) is 10.5. The van der Waals surface area contributed by atoms with Gasteiger partial charge in [0.15, 0.2) is 0 Å². The van der Waals surface area contributed by atoms with Crippen LogP contribution in [0.4, 0.5) is 0 Å². The van der Waals surface area contributed by atoms with Gasteiger partial charge in [-0.2, -0.15) is 0 Å². The predicted molar refractivity (Wildman–Crippen MR) is 109 cm³/mol. The Morgan fingerprint density at radius 1 is 1.04 bits per heavy atom. The summed E-state index contributed by atoms with van der Waals surface area (Å²) in [7, 11) is 0. The van der Waals surface area contributed by atoms with Crippen LogP contribution in [0.3, 0.4) is 0 Å². The Kier molecular flexibility index (Phi) is 6.23. The zero-order valence-electron chi connectivity index (χ0n) is 17.1. The third-order valence-electron chi connectivity index (χ3n) is 6.28. The molecule has 0 bridgehead atoms. The number of likely N-dealkylation sites (tertiary alicyclic amines) is 1. The number of nitrogens with zero attached hydrogens (tertiary/aromatic N) is 1. The second-order valence-electron chi connectivity index (χ2n) is 9.27. The molecular weight excluding hydrogens is 336 g/mol. The van der Waals surface area contributed by atoms with Crippen molar-refractivity contribution in [2.45, 2.75) is 64.7 Å². The lowest BCUT2D eigenvalue weighted by atomic mass is 9.75. The van der Waals surface area contributed by atoms with Crippen molar-refractivity contribution >= 4 is 11.8 Å². The van der Waals surface area contributed by atoms with Crippen LogP contribution in [-0.4, -0.2) is 36.3 Å².